The Hall–Kier alpha value is -3.58. The van der Waals surface area contributed by atoms with Gasteiger partial charge in [0.15, 0.2) is 0 Å². The number of phenolic OH excluding ortho intramolecular Hbond substituents is 1. The van der Waals surface area contributed by atoms with Crippen molar-refractivity contribution in [2.45, 2.75) is 37.4 Å². The Labute approximate surface area is 206 Å². The number of rotatable bonds is 14. The number of hydrogen-bond donors (Lipinski definition) is 7. The number of nitrogens with two attached hydrogens (primary N) is 1. The van der Waals surface area contributed by atoms with Gasteiger partial charge in [-0.15, -0.1) is 0 Å². The molecule has 0 aliphatic heterocycles. The zero-order chi connectivity index (χ0) is 25.8. The molecule has 0 aliphatic rings. The third kappa shape index (κ3) is 9.66. The molecule has 3 atom stereocenters. The lowest BCUT2D eigenvalue weighted by molar-refractivity contribution is -0.142. The second-order valence-corrected chi connectivity index (χ2v) is 8.76. The number of phenols is 1. The minimum Gasteiger partial charge on any atom is -0.508 e. The Kier molecular flexibility index (Phi) is 11.0. The normalized spacial score (nSPS) is 13.3. The summed E-state index contributed by atoms with van der Waals surface area (Å²) in [5, 5.41) is 26.2. The molecule has 0 unspecified atom stereocenters. The number of hydrogen-bond acceptors (Lipinski definition) is 8. The lowest BCUT2D eigenvalue weighted by atomic mass is 10.1. The minimum absolute atomic E-state index is 0.000749. The second kappa shape index (κ2) is 14.0. The molecule has 0 spiro atoms. The van der Waals surface area contributed by atoms with Gasteiger partial charge in [-0.1, -0.05) is 12.1 Å². The van der Waals surface area contributed by atoms with E-state index in [4.69, 9.17) is 5.73 Å². The number of nitrogens with one attached hydrogen (secondary N) is 4. The molecule has 0 saturated carbocycles. The molecular formula is C22H30N6O6S. The van der Waals surface area contributed by atoms with Crippen LogP contribution in [-0.4, -0.2) is 80.6 Å². The van der Waals surface area contributed by atoms with Crippen molar-refractivity contribution in [2.75, 3.05) is 18.6 Å². The van der Waals surface area contributed by atoms with Crippen molar-refractivity contribution in [3.8, 4) is 5.75 Å². The summed E-state index contributed by atoms with van der Waals surface area (Å²) in [4.78, 5) is 55.6. The van der Waals surface area contributed by atoms with E-state index in [1.165, 1.54) is 36.4 Å². The summed E-state index contributed by atoms with van der Waals surface area (Å²) in [6.07, 6.45) is 5.18. The summed E-state index contributed by atoms with van der Waals surface area (Å²) in [7, 11) is 0. The van der Waals surface area contributed by atoms with Crippen LogP contribution in [0.3, 0.4) is 0 Å². The number of aromatic amines is 1. The molecule has 0 aliphatic carbocycles. The number of aromatic hydroxyl groups is 1. The van der Waals surface area contributed by atoms with Gasteiger partial charge in [-0.3, -0.25) is 14.4 Å². The molecule has 0 bridgehead atoms. The van der Waals surface area contributed by atoms with Gasteiger partial charge in [0.05, 0.1) is 18.9 Å². The maximum Gasteiger partial charge on any atom is 0.326 e. The molecule has 35 heavy (non-hydrogen) atoms. The summed E-state index contributed by atoms with van der Waals surface area (Å²) in [6, 6.07) is 3.13. The molecule has 2 rings (SSSR count). The Morgan fingerprint density at radius 1 is 1.09 bits per heavy atom. The predicted molar refractivity (Wildman–Crippen MR) is 130 cm³/mol. The topological polar surface area (TPSA) is 200 Å². The monoisotopic (exact) mass is 506 g/mol. The van der Waals surface area contributed by atoms with Crippen molar-refractivity contribution in [2.24, 2.45) is 5.73 Å². The summed E-state index contributed by atoms with van der Waals surface area (Å²) < 4.78 is 0. The van der Waals surface area contributed by atoms with E-state index in [0.29, 0.717) is 11.4 Å². The number of carbonyl (C=O) groups is 4. The van der Waals surface area contributed by atoms with Crippen LogP contribution in [0.25, 0.3) is 0 Å². The van der Waals surface area contributed by atoms with Crippen molar-refractivity contribution in [3.63, 3.8) is 0 Å². The van der Waals surface area contributed by atoms with Crippen LogP contribution in [0.2, 0.25) is 0 Å². The molecule has 0 fully saturated rings. The number of aliphatic carboxylic acids is 1. The summed E-state index contributed by atoms with van der Waals surface area (Å²) in [6.45, 7) is -0.401. The van der Waals surface area contributed by atoms with Gasteiger partial charge >= 0.3 is 5.97 Å². The third-order valence-electron chi connectivity index (χ3n) is 5.01. The number of benzene rings is 1. The number of imidazole rings is 1. The molecule has 1 aromatic carbocycles. The number of carboxylic acid groups (broad SMARTS) is 1. The first-order chi connectivity index (χ1) is 16.7. The van der Waals surface area contributed by atoms with E-state index in [0.717, 1.165) is 5.56 Å². The summed E-state index contributed by atoms with van der Waals surface area (Å²) in [5.74, 6) is -2.40. The van der Waals surface area contributed by atoms with Crippen molar-refractivity contribution in [1.29, 1.82) is 0 Å². The molecule has 13 heteroatoms. The van der Waals surface area contributed by atoms with Gasteiger partial charge in [-0.25, -0.2) is 9.78 Å². The maximum absolute atomic E-state index is 12.8. The van der Waals surface area contributed by atoms with E-state index in [-0.39, 0.29) is 25.0 Å². The lowest BCUT2D eigenvalue weighted by Gasteiger charge is -2.21. The Morgan fingerprint density at radius 2 is 1.80 bits per heavy atom. The highest BCUT2D eigenvalue weighted by molar-refractivity contribution is 7.98. The van der Waals surface area contributed by atoms with E-state index >= 15 is 0 Å². The van der Waals surface area contributed by atoms with Crippen LogP contribution in [0.4, 0.5) is 0 Å². The number of thioether (sulfide) groups is 1. The molecule has 2 aromatic rings. The molecule has 1 heterocycles. The van der Waals surface area contributed by atoms with Crippen molar-refractivity contribution in [1.82, 2.24) is 25.9 Å². The SMILES string of the molecule is CSCC[C@H](NC(=O)CNC(=O)[C@@H](N)Cc1ccc(O)cc1)C(=O)N[C@@H](Cc1cnc[nH]1)C(=O)O. The van der Waals surface area contributed by atoms with Crippen molar-refractivity contribution < 1.29 is 29.4 Å². The average Bonchev–Trinajstić information content (AvgIpc) is 3.34. The number of carboxylic acids is 1. The van der Waals surface area contributed by atoms with Gasteiger partial charge in [0, 0.05) is 18.3 Å². The first-order valence-corrected chi connectivity index (χ1v) is 12.2. The fourth-order valence-corrected chi connectivity index (χ4v) is 3.59. The highest BCUT2D eigenvalue weighted by Crippen LogP contribution is 2.11. The zero-order valence-corrected chi connectivity index (χ0v) is 20.0. The van der Waals surface area contributed by atoms with Crippen LogP contribution in [-0.2, 0) is 32.0 Å². The van der Waals surface area contributed by atoms with E-state index < -0.39 is 48.4 Å². The molecule has 3 amide bonds. The highest BCUT2D eigenvalue weighted by atomic mass is 32.2. The van der Waals surface area contributed by atoms with Crippen molar-refractivity contribution in [3.05, 3.63) is 48.0 Å². The van der Waals surface area contributed by atoms with Crippen LogP contribution >= 0.6 is 11.8 Å². The number of aromatic nitrogens is 2. The van der Waals surface area contributed by atoms with Crippen LogP contribution in [0.1, 0.15) is 17.7 Å². The summed E-state index contributed by atoms with van der Waals surface area (Å²) in [5.41, 5.74) is 7.17. The third-order valence-corrected chi connectivity index (χ3v) is 5.65. The van der Waals surface area contributed by atoms with Gasteiger partial charge < -0.3 is 36.9 Å². The fraction of sp³-hybridized carbons (Fsp3) is 0.409. The van der Waals surface area contributed by atoms with E-state index in [1.807, 2.05) is 6.26 Å². The minimum atomic E-state index is -1.22. The highest BCUT2D eigenvalue weighted by Gasteiger charge is 2.27. The molecule has 12 nitrogen and oxygen atoms in total. The largest absolute Gasteiger partial charge is 0.508 e. The van der Waals surface area contributed by atoms with Crippen LogP contribution in [0.15, 0.2) is 36.8 Å². The molecule has 8 N–H and O–H groups in total. The quantitative estimate of drug-likeness (QED) is 0.170. The van der Waals surface area contributed by atoms with Gasteiger partial charge in [0.25, 0.3) is 0 Å². The average molecular weight is 507 g/mol. The second-order valence-electron chi connectivity index (χ2n) is 7.78. The standard InChI is InChI=1S/C22H30N6O6S/c1-35-7-6-17(21(32)28-18(22(33)34)9-14-10-24-12-26-14)27-19(30)11-25-20(31)16(23)8-13-2-4-15(29)5-3-13/h2-5,10,12,16-18,29H,6-9,11,23H2,1H3,(H,24,26)(H,25,31)(H,27,30)(H,28,32)(H,33,34)/t16-,17-,18-/m0/s1. The van der Waals surface area contributed by atoms with Crippen LogP contribution in [0, 0.1) is 0 Å². The number of H-pyrrole nitrogens is 1. The molecule has 0 saturated heterocycles. The first-order valence-electron chi connectivity index (χ1n) is 10.8. The zero-order valence-electron chi connectivity index (χ0n) is 19.2. The predicted octanol–water partition coefficient (Wildman–Crippen LogP) is -0.849. The maximum atomic E-state index is 12.8. The summed E-state index contributed by atoms with van der Waals surface area (Å²) >= 11 is 1.46. The van der Waals surface area contributed by atoms with Gasteiger partial charge in [-0.05, 0) is 42.5 Å². The number of amides is 3. The van der Waals surface area contributed by atoms with Gasteiger partial charge in [-0.2, -0.15) is 11.8 Å². The van der Waals surface area contributed by atoms with Gasteiger partial charge in [0.1, 0.15) is 17.8 Å². The smallest absolute Gasteiger partial charge is 0.326 e. The molecule has 0 radical (unpaired) electrons. The first kappa shape index (κ1) is 27.7. The molecule has 1 aromatic heterocycles. The number of carbonyl (C=O) groups excluding carboxylic acids is 3. The Morgan fingerprint density at radius 3 is 2.40 bits per heavy atom. The van der Waals surface area contributed by atoms with E-state index in [9.17, 15) is 29.4 Å². The van der Waals surface area contributed by atoms with Gasteiger partial charge in [0.2, 0.25) is 17.7 Å². The Balaban J connectivity index is 1.89. The molecule has 190 valence electrons. The van der Waals surface area contributed by atoms with Crippen LogP contribution < -0.4 is 21.7 Å². The van der Waals surface area contributed by atoms with Crippen molar-refractivity contribution >= 4 is 35.5 Å². The lowest BCUT2D eigenvalue weighted by Crippen LogP contribution is -2.54. The Bertz CT molecular complexity index is 985. The van der Waals surface area contributed by atoms with Crippen LogP contribution in [0.5, 0.6) is 5.75 Å². The molecular weight excluding hydrogens is 476 g/mol. The fourth-order valence-electron chi connectivity index (χ4n) is 3.12. The van der Waals surface area contributed by atoms with E-state index in [2.05, 4.69) is 25.9 Å². The van der Waals surface area contributed by atoms with E-state index in [1.54, 1.807) is 12.1 Å². The number of nitrogens with zero attached hydrogens (tertiary/aromatic N) is 1.